The minimum Gasteiger partial charge on any atom is -0.489 e. The van der Waals surface area contributed by atoms with E-state index in [4.69, 9.17) is 10.3 Å². The Morgan fingerprint density at radius 3 is 2.62 bits per heavy atom. The summed E-state index contributed by atoms with van der Waals surface area (Å²) < 4.78 is 18.1. The molecule has 0 aliphatic rings. The highest BCUT2D eigenvalue weighted by Crippen LogP contribution is 2.31. The van der Waals surface area contributed by atoms with E-state index in [1.165, 1.54) is 30.3 Å². The molecule has 7 nitrogen and oxygen atoms in total. The Bertz CT molecular complexity index is 712. The Morgan fingerprint density at radius 1 is 1.29 bits per heavy atom. The van der Waals surface area contributed by atoms with Crippen LogP contribution in [0.2, 0.25) is 0 Å². The van der Waals surface area contributed by atoms with Crippen molar-refractivity contribution >= 4 is 11.4 Å². The van der Waals surface area contributed by atoms with Gasteiger partial charge in [-0.1, -0.05) is 17.2 Å². The van der Waals surface area contributed by atoms with E-state index in [0.717, 1.165) is 5.56 Å². The molecule has 0 atom stereocenters. The van der Waals surface area contributed by atoms with Gasteiger partial charge in [-0.15, -0.1) is 0 Å². The monoisotopic (exact) mass is 288 g/mol. The minimum absolute atomic E-state index is 0.0865. The zero-order valence-electron chi connectivity index (χ0n) is 10.6. The number of azide groups is 1. The quantitative estimate of drug-likeness (QED) is 0.270. The summed E-state index contributed by atoms with van der Waals surface area (Å²) in [5.74, 6) is -0.101. The van der Waals surface area contributed by atoms with Crippen LogP contribution in [-0.2, 0) is 6.61 Å². The Balaban J connectivity index is 2.17. The van der Waals surface area contributed by atoms with E-state index in [0.29, 0.717) is 0 Å². The van der Waals surface area contributed by atoms with E-state index in [1.54, 1.807) is 12.1 Å². The van der Waals surface area contributed by atoms with Crippen LogP contribution >= 0.6 is 0 Å². The molecule has 0 aliphatic carbocycles. The van der Waals surface area contributed by atoms with E-state index >= 15 is 0 Å². The summed E-state index contributed by atoms with van der Waals surface area (Å²) in [6.07, 6.45) is 0. The third kappa shape index (κ3) is 3.68. The molecular weight excluding hydrogens is 279 g/mol. The van der Waals surface area contributed by atoms with Gasteiger partial charge in [-0.05, 0) is 35.4 Å². The summed E-state index contributed by atoms with van der Waals surface area (Å²) in [6, 6.07) is 9.64. The van der Waals surface area contributed by atoms with Crippen LogP contribution in [-0.4, -0.2) is 4.92 Å². The van der Waals surface area contributed by atoms with Crippen molar-refractivity contribution in [3.63, 3.8) is 0 Å². The van der Waals surface area contributed by atoms with Gasteiger partial charge in [0.05, 0.1) is 11.0 Å². The van der Waals surface area contributed by atoms with Crippen LogP contribution in [0.1, 0.15) is 5.56 Å². The number of halogens is 1. The third-order valence-corrected chi connectivity index (χ3v) is 2.61. The normalized spacial score (nSPS) is 9.76. The molecular formula is C13H9FN4O3. The molecule has 0 bridgehead atoms. The van der Waals surface area contributed by atoms with Gasteiger partial charge in [-0.3, -0.25) is 10.1 Å². The largest absolute Gasteiger partial charge is 0.489 e. The Labute approximate surface area is 118 Å². The summed E-state index contributed by atoms with van der Waals surface area (Å²) in [5, 5.41) is 14.1. The smallest absolute Gasteiger partial charge is 0.282 e. The molecule has 0 saturated heterocycles. The van der Waals surface area contributed by atoms with Crippen LogP contribution in [0.5, 0.6) is 5.75 Å². The first kappa shape index (κ1) is 14.3. The van der Waals surface area contributed by atoms with Gasteiger partial charge in [-0.25, -0.2) is 4.39 Å². The summed E-state index contributed by atoms with van der Waals surface area (Å²) >= 11 is 0. The van der Waals surface area contributed by atoms with Gasteiger partial charge >= 0.3 is 0 Å². The van der Waals surface area contributed by atoms with Crippen molar-refractivity contribution in [1.29, 1.82) is 0 Å². The van der Waals surface area contributed by atoms with Gasteiger partial charge in [0.1, 0.15) is 23.9 Å². The summed E-state index contributed by atoms with van der Waals surface area (Å²) in [6.45, 7) is 0.137. The number of rotatable bonds is 5. The molecule has 0 heterocycles. The van der Waals surface area contributed by atoms with Crippen molar-refractivity contribution in [2.45, 2.75) is 6.61 Å². The molecule has 21 heavy (non-hydrogen) atoms. The van der Waals surface area contributed by atoms with Crippen LogP contribution in [0.4, 0.5) is 15.8 Å². The maximum Gasteiger partial charge on any atom is 0.282 e. The highest BCUT2D eigenvalue weighted by Gasteiger charge is 2.14. The van der Waals surface area contributed by atoms with Crippen molar-refractivity contribution in [2.75, 3.05) is 0 Å². The first-order chi connectivity index (χ1) is 10.1. The van der Waals surface area contributed by atoms with Crippen molar-refractivity contribution < 1.29 is 14.1 Å². The van der Waals surface area contributed by atoms with Gasteiger partial charge < -0.3 is 4.74 Å². The number of nitro benzene ring substituents is 1. The third-order valence-electron chi connectivity index (χ3n) is 2.61. The molecule has 0 amide bonds. The fourth-order valence-corrected chi connectivity index (χ4v) is 1.62. The first-order valence-corrected chi connectivity index (χ1v) is 5.81. The second-order valence-electron chi connectivity index (χ2n) is 4.01. The molecule has 2 aromatic carbocycles. The van der Waals surface area contributed by atoms with Crippen LogP contribution < -0.4 is 4.74 Å². The van der Waals surface area contributed by atoms with E-state index < -0.39 is 4.92 Å². The molecule has 0 fully saturated rings. The van der Waals surface area contributed by atoms with E-state index in [-0.39, 0.29) is 29.5 Å². The SMILES string of the molecule is [N-]=[N+]=Nc1ccc(OCc2ccc(F)cc2)cc1[N+](=O)[O-]. The first-order valence-electron chi connectivity index (χ1n) is 5.81. The molecule has 0 radical (unpaired) electrons. The summed E-state index contributed by atoms with van der Waals surface area (Å²) in [7, 11) is 0. The second kappa shape index (κ2) is 6.36. The number of hydrogen-bond acceptors (Lipinski definition) is 4. The fraction of sp³-hybridized carbons (Fsp3) is 0.0769. The molecule has 2 aromatic rings. The number of nitrogens with zero attached hydrogens (tertiary/aromatic N) is 4. The van der Waals surface area contributed by atoms with Gasteiger partial charge in [0, 0.05) is 4.91 Å². The van der Waals surface area contributed by atoms with Crippen LogP contribution in [0.15, 0.2) is 47.6 Å². The summed E-state index contributed by atoms with van der Waals surface area (Å²) in [4.78, 5) is 12.8. The number of ether oxygens (including phenoxy) is 1. The Morgan fingerprint density at radius 2 is 2.00 bits per heavy atom. The van der Waals surface area contributed by atoms with Gasteiger partial charge in [0.2, 0.25) is 0 Å². The molecule has 0 spiro atoms. The predicted molar refractivity (Wildman–Crippen MR) is 72.6 cm³/mol. The fourth-order valence-electron chi connectivity index (χ4n) is 1.62. The molecule has 0 aliphatic heterocycles. The molecule has 0 aromatic heterocycles. The number of hydrogen-bond donors (Lipinski definition) is 0. The average Bonchev–Trinajstić information content (AvgIpc) is 2.48. The maximum atomic E-state index is 12.8. The molecule has 106 valence electrons. The summed E-state index contributed by atoms with van der Waals surface area (Å²) in [5.41, 5.74) is 8.63. The van der Waals surface area contributed by atoms with Crippen LogP contribution in [0, 0.1) is 15.9 Å². The average molecular weight is 288 g/mol. The highest BCUT2D eigenvalue weighted by atomic mass is 19.1. The molecule has 2 rings (SSSR count). The standard InChI is InChI=1S/C13H9FN4O3/c14-10-3-1-9(2-4-10)8-21-11-5-6-12(16-17-15)13(7-11)18(19)20/h1-7H,8H2. The number of nitro groups is 1. The highest BCUT2D eigenvalue weighted by molar-refractivity contribution is 5.60. The van der Waals surface area contributed by atoms with E-state index in [1.807, 2.05) is 0 Å². The maximum absolute atomic E-state index is 12.8. The lowest BCUT2D eigenvalue weighted by atomic mass is 10.2. The van der Waals surface area contributed by atoms with E-state index in [9.17, 15) is 14.5 Å². The lowest BCUT2D eigenvalue weighted by molar-refractivity contribution is -0.384. The lowest BCUT2D eigenvalue weighted by Gasteiger charge is -2.07. The van der Waals surface area contributed by atoms with Gasteiger partial charge in [-0.2, -0.15) is 0 Å². The van der Waals surface area contributed by atoms with E-state index in [2.05, 4.69) is 10.0 Å². The lowest BCUT2D eigenvalue weighted by Crippen LogP contribution is -1.96. The zero-order valence-corrected chi connectivity index (χ0v) is 10.6. The number of benzene rings is 2. The van der Waals surface area contributed by atoms with Crippen molar-refractivity contribution in [1.82, 2.24) is 0 Å². The van der Waals surface area contributed by atoms with Gasteiger partial charge in [0.15, 0.2) is 0 Å². The topological polar surface area (TPSA) is 101 Å². The molecule has 0 unspecified atom stereocenters. The molecule has 0 N–H and O–H groups in total. The Kier molecular flexibility index (Phi) is 4.33. The van der Waals surface area contributed by atoms with Crippen molar-refractivity contribution in [3.8, 4) is 5.75 Å². The van der Waals surface area contributed by atoms with Crippen molar-refractivity contribution in [3.05, 3.63) is 74.4 Å². The molecule has 8 heteroatoms. The minimum atomic E-state index is -0.658. The Hall–Kier alpha value is -3.12. The van der Waals surface area contributed by atoms with Crippen LogP contribution in [0.25, 0.3) is 10.4 Å². The van der Waals surface area contributed by atoms with Gasteiger partial charge in [0.25, 0.3) is 5.69 Å². The van der Waals surface area contributed by atoms with Crippen molar-refractivity contribution in [2.24, 2.45) is 5.11 Å². The van der Waals surface area contributed by atoms with Crippen LogP contribution in [0.3, 0.4) is 0 Å². The predicted octanol–water partition coefficient (Wildman–Crippen LogP) is 4.25. The molecule has 0 saturated carbocycles. The second-order valence-corrected chi connectivity index (χ2v) is 4.01. The zero-order chi connectivity index (χ0) is 15.2.